The molecule has 3 aromatic carbocycles. The molecule has 0 bridgehead atoms. The van der Waals surface area contributed by atoms with Crippen molar-refractivity contribution in [3.8, 4) is 17.0 Å². The molecular weight excluding hydrogens is 358 g/mol. The molecule has 1 aliphatic heterocycles. The lowest BCUT2D eigenvalue weighted by atomic mass is 9.94. The van der Waals surface area contributed by atoms with Crippen LogP contribution in [-0.2, 0) is 5.92 Å². The topological polar surface area (TPSA) is 26.5 Å². The number of rotatable bonds is 2. The van der Waals surface area contributed by atoms with Gasteiger partial charge in [0.05, 0.1) is 24.0 Å². The van der Waals surface area contributed by atoms with Crippen molar-refractivity contribution >= 4 is 22.4 Å². The van der Waals surface area contributed by atoms with E-state index in [9.17, 15) is 0 Å². The van der Waals surface area contributed by atoms with E-state index in [0.29, 0.717) is 22.5 Å². The van der Waals surface area contributed by atoms with Gasteiger partial charge in [0.2, 0.25) is 0 Å². The molecule has 1 aromatic heterocycles. The van der Waals surface area contributed by atoms with Gasteiger partial charge in [-0.15, -0.1) is 0 Å². The molecule has 5 rings (SSSR count). The van der Waals surface area contributed by atoms with E-state index in [-0.39, 0.29) is 11.4 Å². The first-order chi connectivity index (χ1) is 13.6. The molecular formula is C23H16F2N2O. The third-order valence-corrected chi connectivity index (χ3v) is 5.05. The maximum absolute atomic E-state index is 15.6. The molecule has 138 valence electrons. The fraction of sp³-hybridized carbons (Fsp3) is 0.0870. The highest BCUT2D eigenvalue weighted by Crippen LogP contribution is 2.45. The molecule has 5 heteroatoms. The standard InChI is InChI=1S/C23H16F2N2O/c1-28-17-12-10-16(11-13-17)26-22-23(24,25)19-8-4-3-7-18(19)21-14-15-6-2-5-9-20(15)27(21)22/h2-14H,1H3. The second-order valence-corrected chi connectivity index (χ2v) is 6.68. The molecule has 0 saturated heterocycles. The van der Waals surface area contributed by atoms with Crippen LogP contribution in [0.1, 0.15) is 5.56 Å². The lowest BCUT2D eigenvalue weighted by Crippen LogP contribution is -2.36. The first kappa shape index (κ1) is 16.7. The van der Waals surface area contributed by atoms with E-state index in [4.69, 9.17) is 4.74 Å². The number of nitrogens with zero attached hydrogens (tertiary/aromatic N) is 2. The highest BCUT2D eigenvalue weighted by atomic mass is 19.3. The maximum Gasteiger partial charge on any atom is 0.331 e. The Morgan fingerprint density at radius 3 is 2.39 bits per heavy atom. The number of ether oxygens (including phenoxy) is 1. The number of fused-ring (bicyclic) bond motifs is 5. The minimum absolute atomic E-state index is 0.0300. The zero-order chi connectivity index (χ0) is 19.3. The average Bonchev–Trinajstić information content (AvgIpc) is 3.11. The molecule has 2 heterocycles. The first-order valence-corrected chi connectivity index (χ1v) is 8.91. The smallest absolute Gasteiger partial charge is 0.331 e. The van der Waals surface area contributed by atoms with E-state index >= 15 is 8.78 Å². The van der Waals surface area contributed by atoms with E-state index < -0.39 is 5.92 Å². The molecule has 0 atom stereocenters. The Morgan fingerprint density at radius 2 is 1.61 bits per heavy atom. The Bertz CT molecular complexity index is 1220. The second kappa shape index (κ2) is 6.02. The van der Waals surface area contributed by atoms with Crippen molar-refractivity contribution in [2.45, 2.75) is 5.92 Å². The summed E-state index contributed by atoms with van der Waals surface area (Å²) in [6, 6.07) is 22.8. The quantitative estimate of drug-likeness (QED) is 0.423. The van der Waals surface area contributed by atoms with Crippen LogP contribution >= 0.6 is 0 Å². The highest BCUT2D eigenvalue weighted by molar-refractivity contribution is 6.08. The Labute approximate surface area is 160 Å². The summed E-state index contributed by atoms with van der Waals surface area (Å²) in [5, 5.41) is 0.896. The minimum Gasteiger partial charge on any atom is -0.497 e. The number of para-hydroxylation sites is 1. The van der Waals surface area contributed by atoms with Gasteiger partial charge in [-0.25, -0.2) is 4.99 Å². The number of aliphatic imine (C=N–C) groups is 1. The van der Waals surface area contributed by atoms with Crippen LogP contribution in [0.2, 0.25) is 0 Å². The van der Waals surface area contributed by atoms with Gasteiger partial charge in [0, 0.05) is 16.5 Å². The molecule has 0 fully saturated rings. The van der Waals surface area contributed by atoms with Crippen LogP contribution in [-0.4, -0.2) is 17.5 Å². The van der Waals surface area contributed by atoms with Crippen LogP contribution in [0, 0.1) is 0 Å². The number of benzene rings is 3. The zero-order valence-electron chi connectivity index (χ0n) is 15.1. The van der Waals surface area contributed by atoms with E-state index in [1.807, 2.05) is 30.3 Å². The summed E-state index contributed by atoms with van der Waals surface area (Å²) < 4.78 is 37.9. The summed E-state index contributed by atoms with van der Waals surface area (Å²) in [7, 11) is 1.56. The van der Waals surface area contributed by atoms with Gasteiger partial charge in [-0.1, -0.05) is 42.5 Å². The van der Waals surface area contributed by atoms with Crippen LogP contribution in [0.25, 0.3) is 22.2 Å². The van der Waals surface area contributed by atoms with Crippen molar-refractivity contribution < 1.29 is 13.5 Å². The molecule has 0 aliphatic carbocycles. The van der Waals surface area contributed by atoms with Crippen molar-refractivity contribution in [3.63, 3.8) is 0 Å². The van der Waals surface area contributed by atoms with Crippen molar-refractivity contribution in [2.75, 3.05) is 7.11 Å². The Hall–Kier alpha value is -3.47. The number of hydrogen-bond acceptors (Lipinski definition) is 2. The Balaban J connectivity index is 1.83. The van der Waals surface area contributed by atoms with Gasteiger partial charge in [-0.2, -0.15) is 8.78 Å². The molecule has 4 aromatic rings. The van der Waals surface area contributed by atoms with E-state index in [1.165, 1.54) is 6.07 Å². The van der Waals surface area contributed by atoms with Crippen LogP contribution in [0.5, 0.6) is 5.75 Å². The van der Waals surface area contributed by atoms with Gasteiger partial charge < -0.3 is 4.74 Å². The number of aromatic nitrogens is 1. The molecule has 3 nitrogen and oxygen atoms in total. The summed E-state index contributed by atoms with van der Waals surface area (Å²) in [6.07, 6.45) is 0. The monoisotopic (exact) mass is 374 g/mol. The molecule has 0 saturated carbocycles. The predicted octanol–water partition coefficient (Wildman–Crippen LogP) is 6.00. The minimum atomic E-state index is -3.23. The van der Waals surface area contributed by atoms with E-state index in [1.54, 1.807) is 54.1 Å². The maximum atomic E-state index is 15.6. The van der Waals surface area contributed by atoms with Crippen LogP contribution in [0.15, 0.2) is 83.9 Å². The van der Waals surface area contributed by atoms with Gasteiger partial charge in [-0.3, -0.25) is 4.57 Å². The van der Waals surface area contributed by atoms with Gasteiger partial charge in [0.25, 0.3) is 0 Å². The summed E-state index contributed by atoms with van der Waals surface area (Å²) in [5.74, 6) is -2.88. The summed E-state index contributed by atoms with van der Waals surface area (Å²) in [5.41, 5.74) is 2.36. The largest absolute Gasteiger partial charge is 0.497 e. The fourth-order valence-corrected chi connectivity index (χ4v) is 3.72. The SMILES string of the molecule is COc1ccc(N=C2n3c(cc4ccccc43)-c3ccccc3C2(F)F)cc1. The van der Waals surface area contributed by atoms with Crippen molar-refractivity contribution in [3.05, 3.63) is 84.4 Å². The van der Waals surface area contributed by atoms with Gasteiger partial charge in [0.1, 0.15) is 5.75 Å². The predicted molar refractivity (Wildman–Crippen MR) is 107 cm³/mol. The lowest BCUT2D eigenvalue weighted by Gasteiger charge is -2.29. The fourth-order valence-electron chi connectivity index (χ4n) is 3.72. The van der Waals surface area contributed by atoms with Crippen LogP contribution < -0.4 is 4.74 Å². The third-order valence-electron chi connectivity index (χ3n) is 5.05. The molecule has 0 radical (unpaired) electrons. The van der Waals surface area contributed by atoms with Crippen LogP contribution in [0.4, 0.5) is 14.5 Å². The third kappa shape index (κ3) is 2.36. The molecule has 28 heavy (non-hydrogen) atoms. The van der Waals surface area contributed by atoms with E-state index in [2.05, 4.69) is 4.99 Å². The molecule has 0 unspecified atom stereocenters. The lowest BCUT2D eigenvalue weighted by molar-refractivity contribution is 0.0714. The normalized spacial score (nSPS) is 16.0. The number of alkyl halides is 2. The Kier molecular flexibility index (Phi) is 3.59. The average molecular weight is 374 g/mol. The molecule has 0 N–H and O–H groups in total. The van der Waals surface area contributed by atoms with E-state index in [0.717, 1.165) is 11.1 Å². The van der Waals surface area contributed by atoms with Crippen molar-refractivity contribution in [1.29, 1.82) is 0 Å². The van der Waals surface area contributed by atoms with Gasteiger partial charge >= 0.3 is 5.92 Å². The molecule has 1 aliphatic rings. The molecule has 0 amide bonds. The summed E-state index contributed by atoms with van der Waals surface area (Å²) in [4.78, 5) is 4.38. The van der Waals surface area contributed by atoms with Gasteiger partial charge in [-0.05, 0) is 36.4 Å². The van der Waals surface area contributed by atoms with Crippen molar-refractivity contribution in [1.82, 2.24) is 4.57 Å². The van der Waals surface area contributed by atoms with Crippen LogP contribution in [0.3, 0.4) is 0 Å². The summed E-state index contributed by atoms with van der Waals surface area (Å²) >= 11 is 0. The zero-order valence-corrected chi connectivity index (χ0v) is 15.1. The Morgan fingerprint density at radius 1 is 0.893 bits per heavy atom. The first-order valence-electron chi connectivity index (χ1n) is 8.91. The number of halogens is 2. The van der Waals surface area contributed by atoms with Crippen molar-refractivity contribution in [2.24, 2.45) is 4.99 Å². The number of methoxy groups -OCH3 is 1. The summed E-state index contributed by atoms with van der Waals surface area (Å²) in [6.45, 7) is 0. The van der Waals surface area contributed by atoms with Gasteiger partial charge in [0.15, 0.2) is 5.84 Å². The second-order valence-electron chi connectivity index (χ2n) is 6.68. The highest BCUT2D eigenvalue weighted by Gasteiger charge is 2.46. The molecule has 0 spiro atoms. The number of hydrogen-bond donors (Lipinski definition) is 0.